The number of nitrogens with zero attached hydrogens (tertiary/aromatic N) is 2. The zero-order valence-electron chi connectivity index (χ0n) is 6.52. The van der Waals surface area contributed by atoms with Crippen molar-refractivity contribution < 1.29 is 13.2 Å². The summed E-state index contributed by atoms with van der Waals surface area (Å²) in [6.45, 7) is 2.13. The quantitative estimate of drug-likeness (QED) is 0.500. The van der Waals surface area contributed by atoms with E-state index in [4.69, 9.17) is 0 Å². The smallest absolute Gasteiger partial charge is 0.290 e. The van der Waals surface area contributed by atoms with Gasteiger partial charge in [0.05, 0.1) is 6.17 Å². The minimum absolute atomic E-state index is 0.0845. The number of halogens is 3. The predicted molar refractivity (Wildman–Crippen MR) is 34.9 cm³/mol. The molecule has 0 amide bonds. The third kappa shape index (κ3) is 1.65. The van der Waals surface area contributed by atoms with E-state index in [1.165, 1.54) is 0 Å². The highest BCUT2D eigenvalue weighted by molar-refractivity contribution is 4.77. The Balaban J connectivity index is 2.62. The van der Waals surface area contributed by atoms with Crippen molar-refractivity contribution in [3.05, 3.63) is 0 Å². The van der Waals surface area contributed by atoms with E-state index in [1.807, 2.05) is 0 Å². The number of rotatable bonds is 0. The van der Waals surface area contributed by atoms with Gasteiger partial charge >= 0.3 is 6.30 Å². The van der Waals surface area contributed by atoms with E-state index in [2.05, 4.69) is 0 Å². The van der Waals surface area contributed by atoms with Gasteiger partial charge in [-0.2, -0.15) is 18.1 Å². The van der Waals surface area contributed by atoms with Gasteiger partial charge in [-0.15, -0.1) is 0 Å². The highest BCUT2D eigenvalue weighted by atomic mass is 19.4. The van der Waals surface area contributed by atoms with Gasteiger partial charge in [0, 0.05) is 13.1 Å². The Morgan fingerprint density at radius 3 is 2.00 bits per heavy atom. The van der Waals surface area contributed by atoms with E-state index < -0.39 is 12.5 Å². The summed E-state index contributed by atoms with van der Waals surface area (Å²) in [6.07, 6.45) is -4.69. The molecule has 2 nitrogen and oxygen atoms in total. The minimum Gasteiger partial charge on any atom is -0.290 e. The summed E-state index contributed by atoms with van der Waals surface area (Å²) in [6, 6.07) is 0. The summed E-state index contributed by atoms with van der Waals surface area (Å²) >= 11 is 0. The first kappa shape index (κ1) is 8.80. The molecule has 1 fully saturated rings. The maximum atomic E-state index is 12.1. The summed E-state index contributed by atoms with van der Waals surface area (Å²) in [5.74, 6) is 0. The molecule has 1 saturated heterocycles. The summed E-state index contributed by atoms with van der Waals surface area (Å²) in [5, 5.41) is 0. The molecule has 1 atom stereocenters. The van der Waals surface area contributed by atoms with Crippen LogP contribution in [0.25, 0.3) is 0 Å². The summed E-state index contributed by atoms with van der Waals surface area (Å²) in [4.78, 5) is 2.21. The minimum atomic E-state index is -4.18. The molecule has 0 aromatic heterocycles. The maximum Gasteiger partial charge on any atom is 0.461 e. The molecule has 66 valence electrons. The third-order valence-electron chi connectivity index (χ3n) is 2.11. The van der Waals surface area contributed by atoms with E-state index in [-0.39, 0.29) is 6.54 Å². The predicted octanol–water partition coefficient (Wildman–Crippen LogP) is 1.10. The lowest BCUT2D eigenvalue weighted by molar-refractivity contribution is -0.253. The molecule has 0 spiro atoms. The maximum absolute atomic E-state index is 12.1. The molecule has 5 heteroatoms. The molecule has 0 aliphatic carbocycles. The molecule has 0 aromatic rings. The second-order valence-corrected chi connectivity index (χ2v) is 2.77. The van der Waals surface area contributed by atoms with Gasteiger partial charge in [-0.1, -0.05) is 0 Å². The Morgan fingerprint density at radius 2 is 1.82 bits per heavy atom. The Bertz CT molecular complexity index is 145. The van der Waals surface area contributed by atoms with Crippen LogP contribution in [0.5, 0.6) is 0 Å². The fourth-order valence-corrected chi connectivity index (χ4v) is 1.22. The van der Waals surface area contributed by atoms with E-state index in [0.29, 0.717) is 11.4 Å². The van der Waals surface area contributed by atoms with Gasteiger partial charge in [-0.25, -0.2) is 0 Å². The zero-order valence-corrected chi connectivity index (χ0v) is 6.52. The van der Waals surface area contributed by atoms with Gasteiger partial charge in [-0.3, -0.25) is 4.90 Å². The van der Waals surface area contributed by atoms with Gasteiger partial charge in [0.1, 0.15) is 0 Å². The van der Waals surface area contributed by atoms with E-state index in [1.54, 1.807) is 18.9 Å². The number of hydrogen-bond donors (Lipinski definition) is 0. The van der Waals surface area contributed by atoms with Crippen LogP contribution in [-0.4, -0.2) is 42.4 Å². The molecule has 0 saturated carbocycles. The highest BCUT2D eigenvalue weighted by Crippen LogP contribution is 2.27. The summed E-state index contributed by atoms with van der Waals surface area (Å²) in [5.41, 5.74) is 0. The van der Waals surface area contributed by atoms with Crippen LogP contribution in [-0.2, 0) is 0 Å². The fraction of sp³-hybridized carbons (Fsp3) is 1.00. The lowest BCUT2D eigenvalue weighted by Gasteiger charge is -2.25. The van der Waals surface area contributed by atoms with Crippen LogP contribution in [0.1, 0.15) is 6.92 Å². The standard InChI is InChI=1S/C6H11F3N2/c1-5-10(2)3-4-11(5)6(7,8)9/h5H,3-4H2,1-2H3. The van der Waals surface area contributed by atoms with Crippen molar-refractivity contribution in [2.75, 3.05) is 20.1 Å². The molecule has 0 radical (unpaired) electrons. The van der Waals surface area contributed by atoms with Crippen molar-refractivity contribution in [2.45, 2.75) is 19.4 Å². The van der Waals surface area contributed by atoms with Gasteiger partial charge in [0.15, 0.2) is 0 Å². The van der Waals surface area contributed by atoms with Crippen molar-refractivity contribution in [1.29, 1.82) is 0 Å². The molecule has 1 unspecified atom stereocenters. The Morgan fingerprint density at radius 1 is 1.27 bits per heavy atom. The van der Waals surface area contributed by atoms with Gasteiger partial charge < -0.3 is 0 Å². The van der Waals surface area contributed by atoms with E-state index in [9.17, 15) is 13.2 Å². The molecule has 1 heterocycles. The number of likely N-dealkylation sites (N-methyl/N-ethyl adjacent to an activating group) is 1. The largest absolute Gasteiger partial charge is 0.461 e. The summed E-state index contributed by atoms with van der Waals surface area (Å²) in [7, 11) is 1.69. The van der Waals surface area contributed by atoms with Crippen LogP contribution in [0.15, 0.2) is 0 Å². The van der Waals surface area contributed by atoms with Crippen LogP contribution < -0.4 is 0 Å². The SMILES string of the molecule is CC1N(C)CCN1C(F)(F)F. The third-order valence-corrected chi connectivity index (χ3v) is 2.11. The monoisotopic (exact) mass is 168 g/mol. The van der Waals surface area contributed by atoms with E-state index in [0.717, 1.165) is 0 Å². The zero-order chi connectivity index (χ0) is 8.65. The van der Waals surface area contributed by atoms with Gasteiger partial charge in [0.2, 0.25) is 0 Å². The first-order chi connectivity index (χ1) is 4.93. The molecule has 0 N–H and O–H groups in total. The normalized spacial score (nSPS) is 29.7. The molecule has 1 rings (SSSR count). The summed E-state index contributed by atoms with van der Waals surface area (Å²) < 4.78 is 36.3. The second-order valence-electron chi connectivity index (χ2n) is 2.77. The lowest BCUT2D eigenvalue weighted by Crippen LogP contribution is -2.43. The molecular weight excluding hydrogens is 157 g/mol. The first-order valence-corrected chi connectivity index (χ1v) is 3.46. The number of alkyl halides is 3. The van der Waals surface area contributed by atoms with Crippen LogP contribution in [0.2, 0.25) is 0 Å². The molecular formula is C6H11F3N2. The van der Waals surface area contributed by atoms with Crippen molar-refractivity contribution in [2.24, 2.45) is 0 Å². The fourth-order valence-electron chi connectivity index (χ4n) is 1.22. The second kappa shape index (κ2) is 2.64. The van der Waals surface area contributed by atoms with Gasteiger partial charge in [-0.05, 0) is 14.0 Å². The van der Waals surface area contributed by atoms with Crippen molar-refractivity contribution in [3.8, 4) is 0 Å². The Hall–Kier alpha value is -0.290. The van der Waals surface area contributed by atoms with Crippen LogP contribution in [0, 0.1) is 0 Å². The Kier molecular flexibility index (Phi) is 2.11. The van der Waals surface area contributed by atoms with Crippen molar-refractivity contribution >= 4 is 0 Å². The average Bonchev–Trinajstić information content (AvgIpc) is 2.11. The average molecular weight is 168 g/mol. The van der Waals surface area contributed by atoms with Crippen molar-refractivity contribution in [1.82, 2.24) is 9.80 Å². The lowest BCUT2D eigenvalue weighted by atomic mass is 10.5. The molecule has 0 bridgehead atoms. The van der Waals surface area contributed by atoms with Crippen LogP contribution >= 0.6 is 0 Å². The van der Waals surface area contributed by atoms with Crippen LogP contribution in [0.3, 0.4) is 0 Å². The first-order valence-electron chi connectivity index (χ1n) is 3.46. The van der Waals surface area contributed by atoms with Crippen LogP contribution in [0.4, 0.5) is 13.2 Å². The molecule has 1 aliphatic rings. The van der Waals surface area contributed by atoms with E-state index >= 15 is 0 Å². The Labute approximate surface area is 63.6 Å². The highest BCUT2D eigenvalue weighted by Gasteiger charge is 2.44. The molecule has 1 aliphatic heterocycles. The molecule has 11 heavy (non-hydrogen) atoms. The topological polar surface area (TPSA) is 6.48 Å². The van der Waals surface area contributed by atoms with Gasteiger partial charge in [0.25, 0.3) is 0 Å². The van der Waals surface area contributed by atoms with Crippen molar-refractivity contribution in [3.63, 3.8) is 0 Å². The molecule has 0 aromatic carbocycles. The number of hydrogen-bond acceptors (Lipinski definition) is 2.